The van der Waals surface area contributed by atoms with Crippen LogP contribution in [-0.2, 0) is 9.47 Å². The first kappa shape index (κ1) is 13.6. The van der Waals surface area contributed by atoms with Gasteiger partial charge in [0, 0.05) is 19.4 Å². The summed E-state index contributed by atoms with van der Waals surface area (Å²) >= 11 is 0. The maximum absolute atomic E-state index is 12.2. The first-order chi connectivity index (χ1) is 8.11. The lowest BCUT2D eigenvalue weighted by Crippen LogP contribution is -2.29. The second kappa shape index (κ2) is 6.32. The van der Waals surface area contributed by atoms with Gasteiger partial charge in [0.25, 0.3) is 0 Å². The predicted molar refractivity (Wildman–Crippen MR) is 64.8 cm³/mol. The zero-order valence-electron chi connectivity index (χ0n) is 10.4. The number of anilines is 1. The van der Waals surface area contributed by atoms with Crippen LogP contribution in [0.3, 0.4) is 0 Å². The number of carbonyl (C=O) groups is 1. The summed E-state index contributed by atoms with van der Waals surface area (Å²) in [5, 5.41) is 0. The van der Waals surface area contributed by atoms with Gasteiger partial charge < -0.3 is 15.2 Å². The molecule has 0 aliphatic heterocycles. The Morgan fingerprint density at radius 1 is 1.41 bits per heavy atom. The van der Waals surface area contributed by atoms with Crippen LogP contribution in [0.2, 0.25) is 0 Å². The molecule has 94 valence electrons. The maximum Gasteiger partial charge on any atom is 0.222 e. The molecule has 0 aliphatic carbocycles. The van der Waals surface area contributed by atoms with Crippen molar-refractivity contribution in [3.8, 4) is 0 Å². The molecule has 17 heavy (non-hydrogen) atoms. The van der Waals surface area contributed by atoms with Crippen LogP contribution in [-0.4, -0.2) is 30.3 Å². The summed E-state index contributed by atoms with van der Waals surface area (Å²) in [5.41, 5.74) is 6.85. The van der Waals surface area contributed by atoms with Crippen LogP contribution in [0.5, 0.6) is 0 Å². The number of ether oxygens (including phenoxy) is 2. The number of hydrogen-bond acceptors (Lipinski definition) is 5. The summed E-state index contributed by atoms with van der Waals surface area (Å²) in [7, 11) is 0. The molecule has 5 heteroatoms. The van der Waals surface area contributed by atoms with Gasteiger partial charge in [-0.1, -0.05) is 0 Å². The van der Waals surface area contributed by atoms with Crippen molar-refractivity contribution in [2.75, 3.05) is 18.9 Å². The number of ketones is 1. The Hall–Kier alpha value is -1.46. The average molecular weight is 238 g/mol. The van der Waals surface area contributed by atoms with Gasteiger partial charge in [-0.15, -0.1) is 0 Å². The largest absolute Gasteiger partial charge is 0.383 e. The molecule has 0 unspecified atom stereocenters. The number of hydrogen-bond donors (Lipinski definition) is 1. The van der Waals surface area contributed by atoms with Gasteiger partial charge in [0.1, 0.15) is 5.82 Å². The highest BCUT2D eigenvalue weighted by Crippen LogP contribution is 2.17. The smallest absolute Gasteiger partial charge is 0.222 e. The summed E-state index contributed by atoms with van der Waals surface area (Å²) in [6.45, 7) is 6.21. The maximum atomic E-state index is 12.2. The Labute approximate surface area is 101 Å². The van der Waals surface area contributed by atoms with Gasteiger partial charge in [-0.25, -0.2) is 4.98 Å². The fraction of sp³-hybridized carbons (Fsp3) is 0.500. The molecule has 2 N–H and O–H groups in total. The summed E-state index contributed by atoms with van der Waals surface area (Å²) in [5.74, 6) is -0.0730. The van der Waals surface area contributed by atoms with Crippen molar-refractivity contribution >= 4 is 11.6 Å². The number of Topliss-reactive ketones (excluding diaryl/α,β-unsaturated/α-hetero) is 1. The van der Waals surface area contributed by atoms with Crippen LogP contribution >= 0.6 is 0 Å². The van der Waals surface area contributed by atoms with E-state index in [2.05, 4.69) is 4.98 Å². The Bertz CT molecular complexity index is 367. The minimum absolute atomic E-state index is 0.208. The summed E-state index contributed by atoms with van der Waals surface area (Å²) in [6.07, 6.45) is 0.660. The quantitative estimate of drug-likeness (QED) is 0.601. The van der Waals surface area contributed by atoms with Crippen molar-refractivity contribution in [3.63, 3.8) is 0 Å². The van der Waals surface area contributed by atoms with Crippen LogP contribution in [0.4, 0.5) is 5.82 Å². The molecule has 0 fully saturated rings. The van der Waals surface area contributed by atoms with E-state index in [1.165, 1.54) is 0 Å². The minimum Gasteiger partial charge on any atom is -0.383 e. The molecule has 0 bridgehead atoms. The average Bonchev–Trinajstić information content (AvgIpc) is 2.28. The monoisotopic (exact) mass is 238 g/mol. The normalized spacial score (nSPS) is 10.8. The number of nitrogens with two attached hydrogens (primary N) is 1. The van der Waals surface area contributed by atoms with Crippen molar-refractivity contribution in [2.45, 2.75) is 27.1 Å². The van der Waals surface area contributed by atoms with Gasteiger partial charge in [0.15, 0.2) is 0 Å². The van der Waals surface area contributed by atoms with Crippen molar-refractivity contribution in [3.05, 3.63) is 23.4 Å². The topological polar surface area (TPSA) is 74.4 Å². The first-order valence-corrected chi connectivity index (χ1v) is 5.60. The van der Waals surface area contributed by atoms with Crippen LogP contribution in [0, 0.1) is 6.92 Å². The zero-order chi connectivity index (χ0) is 12.8. The molecule has 0 saturated heterocycles. The molecule has 1 aromatic rings. The van der Waals surface area contributed by atoms with Gasteiger partial charge in [-0.05, 0) is 32.4 Å². The molecule has 5 nitrogen and oxygen atoms in total. The zero-order valence-corrected chi connectivity index (χ0v) is 10.4. The molecule has 1 heterocycles. The van der Waals surface area contributed by atoms with E-state index in [-0.39, 0.29) is 11.6 Å². The van der Waals surface area contributed by atoms with Crippen molar-refractivity contribution in [2.24, 2.45) is 0 Å². The highest BCUT2D eigenvalue weighted by Gasteiger charge is 2.24. The Morgan fingerprint density at radius 3 is 2.47 bits per heavy atom. The molecular weight excluding hydrogens is 220 g/mol. The summed E-state index contributed by atoms with van der Waals surface area (Å²) in [4.78, 5) is 16.1. The number of aromatic nitrogens is 1. The van der Waals surface area contributed by atoms with Crippen LogP contribution in [0.1, 0.15) is 29.8 Å². The van der Waals surface area contributed by atoms with Crippen LogP contribution in [0.25, 0.3) is 0 Å². The highest BCUT2D eigenvalue weighted by atomic mass is 16.7. The number of pyridine rings is 1. The van der Waals surface area contributed by atoms with E-state index in [0.717, 1.165) is 5.56 Å². The molecule has 0 amide bonds. The van der Waals surface area contributed by atoms with Gasteiger partial charge in [-0.2, -0.15) is 0 Å². The Balaban J connectivity index is 3.00. The Morgan fingerprint density at radius 2 is 2.00 bits per heavy atom. The molecule has 0 aromatic carbocycles. The number of aryl methyl sites for hydroxylation is 1. The number of carbonyl (C=O) groups excluding carboxylic acids is 1. The van der Waals surface area contributed by atoms with E-state index in [1.807, 2.05) is 0 Å². The number of nitrogens with zero attached hydrogens (tertiary/aromatic N) is 1. The van der Waals surface area contributed by atoms with Gasteiger partial charge >= 0.3 is 0 Å². The van der Waals surface area contributed by atoms with E-state index in [4.69, 9.17) is 15.2 Å². The number of rotatable bonds is 6. The third kappa shape index (κ3) is 3.25. The summed E-state index contributed by atoms with van der Waals surface area (Å²) < 4.78 is 10.5. The fourth-order valence-corrected chi connectivity index (χ4v) is 1.52. The molecule has 0 spiro atoms. The van der Waals surface area contributed by atoms with Crippen LogP contribution in [0.15, 0.2) is 12.3 Å². The number of nitrogen functional groups attached to an aromatic ring is 1. The third-order valence-electron chi connectivity index (χ3n) is 2.29. The van der Waals surface area contributed by atoms with Gasteiger partial charge in [0.05, 0.1) is 5.56 Å². The summed E-state index contributed by atoms with van der Waals surface area (Å²) in [6, 6.07) is 1.73. The van der Waals surface area contributed by atoms with Crippen LogP contribution < -0.4 is 5.73 Å². The van der Waals surface area contributed by atoms with E-state index in [9.17, 15) is 4.79 Å². The van der Waals surface area contributed by atoms with E-state index in [0.29, 0.717) is 18.8 Å². The van der Waals surface area contributed by atoms with Gasteiger partial charge in [0.2, 0.25) is 12.1 Å². The van der Waals surface area contributed by atoms with Crippen molar-refractivity contribution < 1.29 is 14.3 Å². The second-order valence-corrected chi connectivity index (χ2v) is 3.49. The van der Waals surface area contributed by atoms with E-state index < -0.39 is 6.29 Å². The highest BCUT2D eigenvalue weighted by molar-refractivity contribution is 6.03. The predicted octanol–water partition coefficient (Wildman–Crippen LogP) is 1.55. The van der Waals surface area contributed by atoms with E-state index in [1.54, 1.807) is 33.0 Å². The SMILES string of the molecule is CCOC(OCC)C(=O)c1c(C)ccnc1N. The lowest BCUT2D eigenvalue weighted by molar-refractivity contribution is -0.107. The molecule has 1 rings (SSSR count). The minimum atomic E-state index is -0.907. The second-order valence-electron chi connectivity index (χ2n) is 3.49. The molecule has 0 aliphatic rings. The Kier molecular flexibility index (Phi) is 5.06. The first-order valence-electron chi connectivity index (χ1n) is 5.60. The van der Waals surface area contributed by atoms with Gasteiger partial charge in [-0.3, -0.25) is 4.79 Å². The van der Waals surface area contributed by atoms with E-state index >= 15 is 0 Å². The molecule has 0 atom stereocenters. The fourth-order valence-electron chi connectivity index (χ4n) is 1.52. The molecule has 0 radical (unpaired) electrons. The van der Waals surface area contributed by atoms with Crippen molar-refractivity contribution in [1.29, 1.82) is 0 Å². The standard InChI is InChI=1S/C12H18N2O3/c1-4-16-12(17-5-2)10(15)9-8(3)6-7-14-11(9)13/h6-7,12H,4-5H2,1-3H3,(H2,13,14). The molecule has 0 saturated carbocycles. The molecule has 1 aromatic heterocycles. The lowest BCUT2D eigenvalue weighted by Gasteiger charge is -2.17. The van der Waals surface area contributed by atoms with Crippen molar-refractivity contribution in [1.82, 2.24) is 4.98 Å². The molecular formula is C12H18N2O3. The lowest BCUT2D eigenvalue weighted by atomic mass is 10.1. The third-order valence-corrected chi connectivity index (χ3v) is 2.29.